The monoisotopic (exact) mass is 318 g/mol. The molecule has 0 aliphatic carbocycles. The van der Waals surface area contributed by atoms with Crippen molar-refractivity contribution in [2.45, 2.75) is 25.9 Å². The summed E-state index contributed by atoms with van der Waals surface area (Å²) < 4.78 is 51.2. The normalized spacial score (nSPS) is 12.0. The molecule has 0 spiro atoms. The van der Waals surface area contributed by atoms with Gasteiger partial charge in [0.25, 0.3) is 0 Å². The van der Waals surface area contributed by atoms with Crippen LogP contribution in [0.3, 0.4) is 0 Å². The number of benzene rings is 1. The zero-order valence-electron chi connectivity index (χ0n) is 11.2. The summed E-state index contributed by atoms with van der Waals surface area (Å²) in [5.41, 5.74) is -0.812. The fourth-order valence-corrected chi connectivity index (χ4v) is 1.94. The second kappa shape index (κ2) is 5.60. The fourth-order valence-electron chi connectivity index (χ4n) is 1.75. The van der Waals surface area contributed by atoms with Crippen molar-refractivity contribution in [3.8, 4) is 11.3 Å². The molecule has 21 heavy (non-hydrogen) atoms. The summed E-state index contributed by atoms with van der Waals surface area (Å²) in [5.74, 6) is -0.916. The van der Waals surface area contributed by atoms with E-state index in [9.17, 15) is 17.6 Å². The van der Waals surface area contributed by atoms with E-state index in [4.69, 9.17) is 11.6 Å². The zero-order valence-corrected chi connectivity index (χ0v) is 11.9. The van der Waals surface area contributed by atoms with Crippen LogP contribution in [-0.2, 0) is 6.18 Å². The lowest BCUT2D eigenvalue weighted by Crippen LogP contribution is -2.08. The van der Waals surface area contributed by atoms with Crippen molar-refractivity contribution < 1.29 is 17.6 Å². The van der Waals surface area contributed by atoms with Gasteiger partial charge in [0.2, 0.25) is 0 Å². The lowest BCUT2D eigenvalue weighted by atomic mass is 10.1. The first-order chi connectivity index (χ1) is 9.68. The quantitative estimate of drug-likeness (QED) is 0.570. The maximum Gasteiger partial charge on any atom is 0.419 e. The van der Waals surface area contributed by atoms with Gasteiger partial charge in [-0.3, -0.25) is 0 Å². The molecule has 0 aliphatic rings. The molecule has 1 heterocycles. The Labute approximate surface area is 123 Å². The topological polar surface area (TPSA) is 25.8 Å². The van der Waals surface area contributed by atoms with Crippen LogP contribution in [0.1, 0.15) is 31.2 Å². The minimum absolute atomic E-state index is 0.0123. The summed E-state index contributed by atoms with van der Waals surface area (Å²) >= 11 is 5.86. The molecule has 2 aromatic rings. The summed E-state index contributed by atoms with van der Waals surface area (Å²) in [6.07, 6.45) is -4.73. The molecule has 0 amide bonds. The van der Waals surface area contributed by atoms with Crippen LogP contribution >= 0.6 is 11.6 Å². The smallest absolute Gasteiger partial charge is 0.233 e. The minimum atomic E-state index is -4.73. The van der Waals surface area contributed by atoms with E-state index in [0.29, 0.717) is 11.9 Å². The number of alkyl halides is 3. The molecule has 1 aromatic heterocycles. The Hall–Kier alpha value is -1.69. The van der Waals surface area contributed by atoms with Gasteiger partial charge >= 0.3 is 6.18 Å². The SMILES string of the molecule is CC(C)c1nc(Cl)cc(-c2ccc(C(F)(F)F)c(F)c2)n1. The Morgan fingerprint density at radius 3 is 2.29 bits per heavy atom. The molecule has 7 heteroatoms. The first kappa shape index (κ1) is 15.7. The highest BCUT2D eigenvalue weighted by Gasteiger charge is 2.34. The van der Waals surface area contributed by atoms with E-state index in [2.05, 4.69) is 9.97 Å². The van der Waals surface area contributed by atoms with E-state index in [-0.39, 0.29) is 22.3 Å². The molecule has 0 bridgehead atoms. The molecule has 0 aliphatic heterocycles. The summed E-state index contributed by atoms with van der Waals surface area (Å²) in [6.45, 7) is 3.70. The van der Waals surface area contributed by atoms with E-state index in [0.717, 1.165) is 12.1 Å². The Morgan fingerprint density at radius 1 is 1.10 bits per heavy atom. The summed E-state index contributed by atoms with van der Waals surface area (Å²) in [6, 6.07) is 4.03. The van der Waals surface area contributed by atoms with Gasteiger partial charge in [0, 0.05) is 17.5 Å². The molecule has 0 saturated carbocycles. The maximum atomic E-state index is 13.6. The number of aromatic nitrogens is 2. The van der Waals surface area contributed by atoms with Gasteiger partial charge in [-0.25, -0.2) is 14.4 Å². The number of hydrogen-bond donors (Lipinski definition) is 0. The average molecular weight is 319 g/mol. The van der Waals surface area contributed by atoms with Crippen LogP contribution in [0.2, 0.25) is 5.15 Å². The standard InChI is InChI=1S/C14H11ClF4N2/c1-7(2)13-20-11(6-12(15)21-13)8-3-4-9(10(16)5-8)14(17,18)19/h3-7H,1-2H3. The number of nitrogens with zero attached hydrogens (tertiary/aromatic N) is 2. The third-order valence-corrected chi connectivity index (χ3v) is 2.99. The highest BCUT2D eigenvalue weighted by Crippen LogP contribution is 2.33. The van der Waals surface area contributed by atoms with Crippen LogP contribution in [0.15, 0.2) is 24.3 Å². The molecule has 2 nitrogen and oxygen atoms in total. The predicted octanol–water partition coefficient (Wildman–Crippen LogP) is 5.08. The van der Waals surface area contributed by atoms with Gasteiger partial charge < -0.3 is 0 Å². The number of halogens is 5. The minimum Gasteiger partial charge on any atom is -0.233 e. The van der Waals surface area contributed by atoms with Crippen LogP contribution in [0.25, 0.3) is 11.3 Å². The highest BCUT2D eigenvalue weighted by molar-refractivity contribution is 6.29. The van der Waals surface area contributed by atoms with E-state index in [1.807, 2.05) is 13.8 Å². The fraction of sp³-hybridized carbons (Fsp3) is 0.286. The second-order valence-electron chi connectivity index (χ2n) is 4.78. The molecule has 2 rings (SSSR count). The average Bonchev–Trinajstić information content (AvgIpc) is 2.36. The van der Waals surface area contributed by atoms with Gasteiger partial charge in [-0.05, 0) is 12.1 Å². The molecule has 1 aromatic carbocycles. The first-order valence-corrected chi connectivity index (χ1v) is 6.48. The Morgan fingerprint density at radius 2 is 1.76 bits per heavy atom. The highest BCUT2D eigenvalue weighted by atomic mass is 35.5. The zero-order chi connectivity index (χ0) is 15.8. The van der Waals surface area contributed by atoms with Crippen LogP contribution in [0.5, 0.6) is 0 Å². The molecule has 0 N–H and O–H groups in total. The van der Waals surface area contributed by atoms with Crippen LogP contribution in [0, 0.1) is 5.82 Å². The maximum absolute atomic E-state index is 13.6. The largest absolute Gasteiger partial charge is 0.419 e. The second-order valence-corrected chi connectivity index (χ2v) is 5.17. The van der Waals surface area contributed by atoms with Gasteiger partial charge in [-0.15, -0.1) is 0 Å². The van der Waals surface area contributed by atoms with Gasteiger partial charge in [-0.1, -0.05) is 31.5 Å². The summed E-state index contributed by atoms with van der Waals surface area (Å²) in [5, 5.41) is 0.156. The molecule has 0 atom stereocenters. The molecule has 0 unspecified atom stereocenters. The van der Waals surface area contributed by atoms with E-state index in [1.54, 1.807) is 0 Å². The van der Waals surface area contributed by atoms with Crippen molar-refractivity contribution >= 4 is 11.6 Å². The van der Waals surface area contributed by atoms with Gasteiger partial charge in [0.05, 0.1) is 11.3 Å². The van der Waals surface area contributed by atoms with Crippen LogP contribution in [-0.4, -0.2) is 9.97 Å². The van der Waals surface area contributed by atoms with Gasteiger partial charge in [0.1, 0.15) is 16.8 Å². The van der Waals surface area contributed by atoms with Crippen molar-refractivity contribution in [2.75, 3.05) is 0 Å². The van der Waals surface area contributed by atoms with Crippen molar-refractivity contribution in [1.29, 1.82) is 0 Å². The number of rotatable bonds is 2. The van der Waals surface area contributed by atoms with Gasteiger partial charge in [0.15, 0.2) is 0 Å². The van der Waals surface area contributed by atoms with Crippen LogP contribution in [0.4, 0.5) is 17.6 Å². The van der Waals surface area contributed by atoms with Crippen molar-refractivity contribution in [3.63, 3.8) is 0 Å². The summed E-state index contributed by atoms with van der Waals surface area (Å²) in [4.78, 5) is 8.21. The lowest BCUT2D eigenvalue weighted by molar-refractivity contribution is -0.139. The van der Waals surface area contributed by atoms with Crippen molar-refractivity contribution in [1.82, 2.24) is 9.97 Å². The molecule has 0 saturated heterocycles. The Bertz CT molecular complexity index is 669. The molecule has 0 radical (unpaired) electrons. The Kier molecular flexibility index (Phi) is 4.18. The van der Waals surface area contributed by atoms with E-state index < -0.39 is 17.6 Å². The molecule has 0 fully saturated rings. The molecular formula is C14H11ClF4N2. The number of hydrogen-bond acceptors (Lipinski definition) is 2. The molecular weight excluding hydrogens is 308 g/mol. The summed E-state index contributed by atoms with van der Waals surface area (Å²) in [7, 11) is 0. The first-order valence-electron chi connectivity index (χ1n) is 6.10. The third kappa shape index (κ3) is 3.50. The predicted molar refractivity (Wildman–Crippen MR) is 71.5 cm³/mol. The van der Waals surface area contributed by atoms with Crippen LogP contribution < -0.4 is 0 Å². The Balaban J connectivity index is 2.51. The molecule has 112 valence electrons. The van der Waals surface area contributed by atoms with Crippen molar-refractivity contribution in [3.05, 3.63) is 46.6 Å². The van der Waals surface area contributed by atoms with Crippen molar-refractivity contribution in [2.24, 2.45) is 0 Å². The van der Waals surface area contributed by atoms with E-state index >= 15 is 0 Å². The van der Waals surface area contributed by atoms with E-state index in [1.165, 1.54) is 6.07 Å². The van der Waals surface area contributed by atoms with Gasteiger partial charge in [-0.2, -0.15) is 13.2 Å². The lowest BCUT2D eigenvalue weighted by Gasteiger charge is -2.11. The third-order valence-electron chi connectivity index (χ3n) is 2.80.